The van der Waals surface area contributed by atoms with E-state index >= 15 is 0 Å². The van der Waals surface area contributed by atoms with Gasteiger partial charge in [-0.3, -0.25) is 9.36 Å². The first-order valence-electron chi connectivity index (χ1n) is 10.7. The molecule has 0 unspecified atom stereocenters. The summed E-state index contributed by atoms with van der Waals surface area (Å²) in [7, 11) is -4.25. The highest BCUT2D eigenvalue weighted by Crippen LogP contribution is 2.42. The van der Waals surface area contributed by atoms with Crippen LogP contribution in [0.1, 0.15) is 5.56 Å². The van der Waals surface area contributed by atoms with Gasteiger partial charge in [0.2, 0.25) is 0 Å². The number of nitrogens with zero attached hydrogens (tertiary/aromatic N) is 3. The van der Waals surface area contributed by atoms with Gasteiger partial charge in [0.1, 0.15) is 17.7 Å². The number of fused-ring (bicyclic) bond motifs is 1. The van der Waals surface area contributed by atoms with E-state index in [1.54, 1.807) is 54.6 Å². The molecule has 3 aromatic carbocycles. The molecule has 2 heterocycles. The Balaban J connectivity index is 1.80. The Morgan fingerprint density at radius 1 is 0.861 bits per heavy atom. The SMILES string of the molecule is N#Cc1cc(S(=O)(=O)N2CCn3c2c(-c2ccc(Cl)cc2)c(-c2ccc(Cl)cc2)cc3=O)ccc1F. The molecule has 0 N–H and O–H groups in total. The van der Waals surface area contributed by atoms with Crippen molar-refractivity contribution in [2.24, 2.45) is 0 Å². The van der Waals surface area contributed by atoms with Gasteiger partial charge in [-0.1, -0.05) is 47.5 Å². The number of hydrogen-bond donors (Lipinski definition) is 0. The first-order valence-corrected chi connectivity index (χ1v) is 12.9. The first kappa shape index (κ1) is 24.1. The molecule has 4 aromatic rings. The van der Waals surface area contributed by atoms with Crippen molar-refractivity contribution in [3.8, 4) is 28.3 Å². The molecule has 36 heavy (non-hydrogen) atoms. The largest absolute Gasteiger partial charge is 0.292 e. The van der Waals surface area contributed by atoms with Crippen LogP contribution in [0, 0.1) is 17.1 Å². The topological polar surface area (TPSA) is 83.2 Å². The minimum absolute atomic E-state index is 0.0124. The number of hydrogen-bond acceptors (Lipinski definition) is 4. The van der Waals surface area contributed by atoms with Crippen LogP contribution in [-0.2, 0) is 16.6 Å². The fourth-order valence-corrected chi connectivity index (χ4v) is 6.03. The molecule has 0 atom stereocenters. The number of anilines is 1. The average molecular weight is 540 g/mol. The molecule has 1 aliphatic rings. The van der Waals surface area contributed by atoms with Crippen LogP contribution in [0.2, 0.25) is 10.0 Å². The monoisotopic (exact) mass is 539 g/mol. The second kappa shape index (κ2) is 9.10. The molecule has 0 spiro atoms. The number of halogens is 3. The summed E-state index contributed by atoms with van der Waals surface area (Å²) >= 11 is 12.2. The summed E-state index contributed by atoms with van der Waals surface area (Å²) in [5.41, 5.74) is 1.58. The van der Waals surface area contributed by atoms with E-state index in [9.17, 15) is 22.9 Å². The minimum atomic E-state index is -4.25. The van der Waals surface area contributed by atoms with Crippen LogP contribution in [0.25, 0.3) is 22.3 Å². The quantitative estimate of drug-likeness (QED) is 0.332. The summed E-state index contributed by atoms with van der Waals surface area (Å²) in [6, 6.07) is 19.9. The van der Waals surface area contributed by atoms with E-state index in [2.05, 4.69) is 0 Å². The Kier molecular flexibility index (Phi) is 6.08. The zero-order chi connectivity index (χ0) is 25.6. The molecule has 0 bridgehead atoms. The summed E-state index contributed by atoms with van der Waals surface area (Å²) < 4.78 is 44.0. The lowest BCUT2D eigenvalue weighted by Gasteiger charge is -2.24. The summed E-state index contributed by atoms with van der Waals surface area (Å²) in [5, 5.41) is 10.2. The Morgan fingerprint density at radius 2 is 1.47 bits per heavy atom. The van der Waals surface area contributed by atoms with Crippen molar-refractivity contribution in [3.63, 3.8) is 0 Å². The molecular weight excluding hydrogens is 524 g/mol. The molecule has 0 amide bonds. The Labute approximate surface area is 216 Å². The molecule has 0 saturated heterocycles. The van der Waals surface area contributed by atoms with E-state index in [-0.39, 0.29) is 34.9 Å². The standard InChI is InChI=1S/C26H16Cl2FN3O3S/c27-19-5-1-16(2-6-19)22-14-24(33)31-11-12-32(26(31)25(22)17-3-7-20(28)8-4-17)36(34,35)21-9-10-23(29)18(13-21)15-30/h1-10,13-14H,11-12H2. The van der Waals surface area contributed by atoms with Crippen LogP contribution in [0.4, 0.5) is 10.2 Å². The summed E-state index contributed by atoms with van der Waals surface area (Å²) in [5.74, 6) is -0.640. The molecule has 0 aliphatic carbocycles. The van der Waals surface area contributed by atoms with Crippen molar-refractivity contribution in [2.45, 2.75) is 11.4 Å². The Morgan fingerprint density at radius 3 is 2.08 bits per heavy atom. The van der Waals surface area contributed by atoms with Crippen molar-refractivity contribution in [2.75, 3.05) is 10.8 Å². The van der Waals surface area contributed by atoms with Gasteiger partial charge >= 0.3 is 0 Å². The van der Waals surface area contributed by atoms with Gasteiger partial charge in [0.25, 0.3) is 15.6 Å². The lowest BCUT2D eigenvalue weighted by molar-refractivity contribution is 0.590. The third kappa shape index (κ3) is 4.05. The van der Waals surface area contributed by atoms with Gasteiger partial charge in [-0.15, -0.1) is 0 Å². The maximum Gasteiger partial charge on any atom is 0.265 e. The Bertz CT molecular complexity index is 1710. The number of nitriles is 1. The zero-order valence-corrected chi connectivity index (χ0v) is 20.8. The predicted molar refractivity (Wildman–Crippen MR) is 137 cm³/mol. The number of aromatic nitrogens is 1. The lowest BCUT2D eigenvalue weighted by Crippen LogP contribution is -2.30. The molecular formula is C26H16Cl2FN3O3S. The molecule has 1 aromatic heterocycles. The van der Waals surface area contributed by atoms with E-state index in [1.807, 2.05) is 0 Å². The van der Waals surface area contributed by atoms with Gasteiger partial charge < -0.3 is 0 Å². The van der Waals surface area contributed by atoms with Crippen LogP contribution >= 0.6 is 23.2 Å². The molecule has 180 valence electrons. The fraction of sp³-hybridized carbons (Fsp3) is 0.0769. The first-order chi connectivity index (χ1) is 17.2. The average Bonchev–Trinajstić information content (AvgIpc) is 3.32. The van der Waals surface area contributed by atoms with Gasteiger partial charge in [-0.2, -0.15) is 5.26 Å². The second-order valence-electron chi connectivity index (χ2n) is 8.09. The number of benzene rings is 3. The van der Waals surface area contributed by atoms with Gasteiger partial charge in [0.05, 0.1) is 17.0 Å². The third-order valence-corrected chi connectivity index (χ3v) is 8.27. The lowest BCUT2D eigenvalue weighted by atomic mass is 9.95. The van der Waals surface area contributed by atoms with Crippen molar-refractivity contribution in [1.82, 2.24) is 4.57 Å². The van der Waals surface area contributed by atoms with E-state index in [0.29, 0.717) is 32.3 Å². The molecule has 0 radical (unpaired) electrons. The van der Waals surface area contributed by atoms with Crippen LogP contribution in [0.5, 0.6) is 0 Å². The summed E-state index contributed by atoms with van der Waals surface area (Å²) in [4.78, 5) is 12.9. The predicted octanol–water partition coefficient (Wildman–Crippen LogP) is 5.71. The number of pyridine rings is 1. The van der Waals surface area contributed by atoms with Gasteiger partial charge in [0.15, 0.2) is 0 Å². The minimum Gasteiger partial charge on any atom is -0.292 e. The highest BCUT2D eigenvalue weighted by Gasteiger charge is 2.36. The van der Waals surface area contributed by atoms with Crippen LogP contribution < -0.4 is 9.86 Å². The second-order valence-corrected chi connectivity index (χ2v) is 10.8. The van der Waals surface area contributed by atoms with Gasteiger partial charge in [-0.25, -0.2) is 17.1 Å². The van der Waals surface area contributed by atoms with Crippen LogP contribution in [0.15, 0.2) is 82.5 Å². The highest BCUT2D eigenvalue weighted by atomic mass is 35.5. The van der Waals surface area contributed by atoms with E-state index in [1.165, 1.54) is 10.6 Å². The van der Waals surface area contributed by atoms with Crippen molar-refractivity contribution < 1.29 is 12.8 Å². The summed E-state index contributed by atoms with van der Waals surface area (Å²) in [6.45, 7) is 0.114. The van der Waals surface area contributed by atoms with Crippen LogP contribution in [0.3, 0.4) is 0 Å². The third-order valence-electron chi connectivity index (χ3n) is 5.98. The van der Waals surface area contributed by atoms with Gasteiger partial charge in [0, 0.05) is 28.2 Å². The van der Waals surface area contributed by atoms with Crippen molar-refractivity contribution in [3.05, 3.63) is 105 Å². The van der Waals surface area contributed by atoms with E-state index in [4.69, 9.17) is 23.2 Å². The highest BCUT2D eigenvalue weighted by molar-refractivity contribution is 7.92. The van der Waals surface area contributed by atoms with Crippen LogP contribution in [-0.4, -0.2) is 19.5 Å². The van der Waals surface area contributed by atoms with Crippen molar-refractivity contribution in [1.29, 1.82) is 5.26 Å². The molecule has 10 heteroatoms. The number of sulfonamides is 1. The van der Waals surface area contributed by atoms with E-state index < -0.39 is 15.8 Å². The van der Waals surface area contributed by atoms with Crippen molar-refractivity contribution >= 4 is 39.0 Å². The molecule has 6 nitrogen and oxygen atoms in total. The van der Waals surface area contributed by atoms with Gasteiger partial charge in [-0.05, 0) is 59.2 Å². The molecule has 0 saturated carbocycles. The zero-order valence-electron chi connectivity index (χ0n) is 18.5. The molecule has 0 fully saturated rings. The Hall–Kier alpha value is -3.64. The fourth-order valence-electron chi connectivity index (χ4n) is 4.28. The number of rotatable bonds is 4. The summed E-state index contributed by atoms with van der Waals surface area (Å²) in [6.07, 6.45) is 0. The smallest absolute Gasteiger partial charge is 0.265 e. The maximum absolute atomic E-state index is 13.9. The molecule has 1 aliphatic heterocycles. The molecule has 5 rings (SSSR count). The normalized spacial score (nSPS) is 12.9. The maximum atomic E-state index is 13.9. The van der Waals surface area contributed by atoms with E-state index in [0.717, 1.165) is 22.5 Å².